The number of esters is 1. The molecule has 1 aliphatic carbocycles. The first-order chi connectivity index (χ1) is 13.3. The van der Waals surface area contributed by atoms with E-state index in [1.54, 1.807) is 38.4 Å². The predicted molar refractivity (Wildman–Crippen MR) is 109 cm³/mol. The maximum atomic E-state index is 12.3. The lowest BCUT2D eigenvalue weighted by molar-refractivity contribution is -0.119. The minimum Gasteiger partial charge on any atom is -0.451 e. The van der Waals surface area contributed by atoms with E-state index in [9.17, 15) is 14.4 Å². The molecule has 0 saturated heterocycles. The number of benzene rings is 1. The summed E-state index contributed by atoms with van der Waals surface area (Å²) in [5.41, 5.74) is 2.30. The Morgan fingerprint density at radius 1 is 1.21 bits per heavy atom. The minimum absolute atomic E-state index is 0.111. The van der Waals surface area contributed by atoms with Crippen molar-refractivity contribution >= 4 is 34.8 Å². The largest absolute Gasteiger partial charge is 0.451 e. The van der Waals surface area contributed by atoms with Crippen molar-refractivity contribution in [2.45, 2.75) is 26.2 Å². The Morgan fingerprint density at radius 2 is 1.93 bits per heavy atom. The highest BCUT2D eigenvalue weighted by Gasteiger charge is 2.21. The molecule has 0 spiro atoms. The number of anilines is 1. The van der Waals surface area contributed by atoms with Crippen LogP contribution in [0.15, 0.2) is 30.3 Å². The number of hydrogen-bond acceptors (Lipinski definition) is 5. The topological polar surface area (TPSA) is 75.7 Å². The number of carbonyl (C=O) groups excluding carboxylic acids is 3. The number of nitrogens with zero attached hydrogens (tertiary/aromatic N) is 1. The smallest absolute Gasteiger partial charge is 0.348 e. The van der Waals surface area contributed by atoms with Crippen molar-refractivity contribution in [1.82, 2.24) is 4.90 Å². The zero-order valence-electron chi connectivity index (χ0n) is 16.3. The van der Waals surface area contributed by atoms with Gasteiger partial charge in [-0.25, -0.2) is 4.79 Å². The quantitative estimate of drug-likeness (QED) is 0.781. The molecule has 1 aromatic carbocycles. The summed E-state index contributed by atoms with van der Waals surface area (Å²) >= 11 is 1.47. The summed E-state index contributed by atoms with van der Waals surface area (Å²) < 4.78 is 5.16. The Bertz CT molecular complexity index is 886. The molecule has 0 radical (unpaired) electrons. The predicted octanol–water partition coefficient (Wildman–Crippen LogP) is 3.37. The SMILES string of the molecule is CC1CCc2sc(C(=O)OCC(=O)Nc3ccc(C(=O)N(C)C)cc3)cc2C1. The lowest BCUT2D eigenvalue weighted by Gasteiger charge is -2.16. The van der Waals surface area contributed by atoms with Gasteiger partial charge >= 0.3 is 5.97 Å². The van der Waals surface area contributed by atoms with E-state index in [1.807, 2.05) is 6.07 Å². The monoisotopic (exact) mass is 400 g/mol. The summed E-state index contributed by atoms with van der Waals surface area (Å²) in [5, 5.41) is 2.66. The van der Waals surface area contributed by atoms with E-state index in [1.165, 1.54) is 26.7 Å². The van der Waals surface area contributed by atoms with Crippen molar-refractivity contribution < 1.29 is 19.1 Å². The van der Waals surface area contributed by atoms with Gasteiger partial charge in [-0.05, 0) is 61.1 Å². The number of aryl methyl sites for hydroxylation is 1. The second-order valence-corrected chi connectivity index (χ2v) is 8.45. The lowest BCUT2D eigenvalue weighted by Crippen LogP contribution is -2.22. The van der Waals surface area contributed by atoms with E-state index in [0.29, 0.717) is 22.0 Å². The van der Waals surface area contributed by atoms with Crippen LogP contribution in [0.3, 0.4) is 0 Å². The Balaban J connectivity index is 1.51. The highest BCUT2D eigenvalue weighted by atomic mass is 32.1. The molecular formula is C21H24N2O4S. The molecule has 28 heavy (non-hydrogen) atoms. The van der Waals surface area contributed by atoms with Crippen molar-refractivity contribution in [3.05, 3.63) is 51.2 Å². The number of amides is 2. The van der Waals surface area contributed by atoms with Gasteiger partial charge < -0.3 is 15.0 Å². The summed E-state index contributed by atoms with van der Waals surface area (Å²) in [5.74, 6) is -0.361. The van der Waals surface area contributed by atoms with Crippen molar-refractivity contribution in [1.29, 1.82) is 0 Å². The lowest BCUT2D eigenvalue weighted by atomic mass is 9.90. The number of fused-ring (bicyclic) bond motifs is 1. The van der Waals surface area contributed by atoms with Crippen LogP contribution < -0.4 is 5.32 Å². The van der Waals surface area contributed by atoms with Crippen LogP contribution in [0.5, 0.6) is 0 Å². The molecule has 1 atom stereocenters. The second kappa shape index (κ2) is 8.56. The van der Waals surface area contributed by atoms with Crippen LogP contribution in [0.2, 0.25) is 0 Å². The molecule has 2 amide bonds. The maximum absolute atomic E-state index is 12.3. The van der Waals surface area contributed by atoms with Crippen LogP contribution in [-0.4, -0.2) is 43.4 Å². The Morgan fingerprint density at radius 3 is 2.61 bits per heavy atom. The van der Waals surface area contributed by atoms with Gasteiger partial charge in [0.15, 0.2) is 6.61 Å². The number of ether oxygens (including phenoxy) is 1. The van der Waals surface area contributed by atoms with Gasteiger partial charge in [-0.2, -0.15) is 0 Å². The van der Waals surface area contributed by atoms with E-state index in [4.69, 9.17) is 4.74 Å². The Hall–Kier alpha value is -2.67. The summed E-state index contributed by atoms with van der Waals surface area (Å²) in [6.45, 7) is 1.86. The third-order valence-corrected chi connectivity index (χ3v) is 5.90. The first-order valence-corrected chi connectivity index (χ1v) is 10.1. The van der Waals surface area contributed by atoms with E-state index >= 15 is 0 Å². The molecule has 6 nitrogen and oxygen atoms in total. The summed E-state index contributed by atoms with van der Waals surface area (Å²) in [7, 11) is 3.36. The normalized spacial score (nSPS) is 15.5. The molecule has 7 heteroatoms. The van der Waals surface area contributed by atoms with Crippen molar-refractivity contribution in [3.8, 4) is 0 Å². The molecule has 2 aromatic rings. The number of rotatable bonds is 5. The third-order valence-electron chi connectivity index (χ3n) is 4.69. The van der Waals surface area contributed by atoms with Gasteiger partial charge in [-0.3, -0.25) is 9.59 Å². The van der Waals surface area contributed by atoms with Gasteiger partial charge in [-0.1, -0.05) is 6.92 Å². The highest BCUT2D eigenvalue weighted by molar-refractivity contribution is 7.14. The average molecular weight is 401 g/mol. The van der Waals surface area contributed by atoms with Gasteiger partial charge in [0.25, 0.3) is 11.8 Å². The van der Waals surface area contributed by atoms with Crippen LogP contribution in [0.4, 0.5) is 5.69 Å². The van der Waals surface area contributed by atoms with Crippen LogP contribution in [-0.2, 0) is 22.4 Å². The van der Waals surface area contributed by atoms with E-state index in [-0.39, 0.29) is 12.5 Å². The number of thiophene rings is 1. The van der Waals surface area contributed by atoms with E-state index in [0.717, 1.165) is 19.3 Å². The van der Waals surface area contributed by atoms with Crippen LogP contribution in [0, 0.1) is 5.92 Å². The molecule has 1 heterocycles. The number of hydrogen-bond donors (Lipinski definition) is 1. The minimum atomic E-state index is -0.464. The van der Waals surface area contributed by atoms with Gasteiger partial charge in [0, 0.05) is 30.2 Å². The molecule has 1 aromatic heterocycles. The van der Waals surface area contributed by atoms with Gasteiger partial charge in [0.05, 0.1) is 0 Å². The molecule has 148 valence electrons. The highest BCUT2D eigenvalue weighted by Crippen LogP contribution is 2.32. The Labute approximate surface area is 168 Å². The molecule has 3 rings (SSSR count). The standard InChI is InChI=1S/C21H24N2O4S/c1-13-4-9-17-15(10-13)11-18(28-17)21(26)27-12-19(24)22-16-7-5-14(6-8-16)20(25)23(2)3/h5-8,11,13H,4,9-10,12H2,1-3H3,(H,22,24). The molecule has 0 bridgehead atoms. The van der Waals surface area contributed by atoms with Crippen molar-refractivity contribution in [2.75, 3.05) is 26.0 Å². The average Bonchev–Trinajstić information content (AvgIpc) is 3.09. The van der Waals surface area contributed by atoms with Crippen molar-refractivity contribution in [2.24, 2.45) is 5.92 Å². The van der Waals surface area contributed by atoms with E-state index < -0.39 is 11.9 Å². The number of nitrogens with one attached hydrogen (secondary N) is 1. The molecule has 1 aliphatic rings. The maximum Gasteiger partial charge on any atom is 0.348 e. The number of carbonyl (C=O) groups is 3. The third kappa shape index (κ3) is 4.78. The van der Waals surface area contributed by atoms with Gasteiger partial charge in [0.2, 0.25) is 0 Å². The zero-order chi connectivity index (χ0) is 20.3. The van der Waals surface area contributed by atoms with Crippen LogP contribution >= 0.6 is 11.3 Å². The van der Waals surface area contributed by atoms with Gasteiger partial charge in [0.1, 0.15) is 4.88 Å². The molecule has 0 saturated carbocycles. The van der Waals surface area contributed by atoms with E-state index in [2.05, 4.69) is 12.2 Å². The molecule has 1 N–H and O–H groups in total. The molecule has 1 unspecified atom stereocenters. The fourth-order valence-electron chi connectivity index (χ4n) is 3.16. The summed E-state index contributed by atoms with van der Waals surface area (Å²) in [4.78, 5) is 39.5. The Kier molecular flexibility index (Phi) is 6.14. The van der Waals surface area contributed by atoms with Crippen LogP contribution in [0.25, 0.3) is 0 Å². The second-order valence-electron chi connectivity index (χ2n) is 7.31. The zero-order valence-corrected chi connectivity index (χ0v) is 17.1. The van der Waals surface area contributed by atoms with Crippen molar-refractivity contribution in [3.63, 3.8) is 0 Å². The fraction of sp³-hybridized carbons (Fsp3) is 0.381. The first kappa shape index (κ1) is 20.1. The molecular weight excluding hydrogens is 376 g/mol. The summed E-state index contributed by atoms with van der Waals surface area (Å²) in [6.07, 6.45) is 3.14. The summed E-state index contributed by atoms with van der Waals surface area (Å²) in [6, 6.07) is 8.47. The first-order valence-electron chi connectivity index (χ1n) is 9.23. The fourth-order valence-corrected chi connectivity index (χ4v) is 4.26. The van der Waals surface area contributed by atoms with Crippen LogP contribution in [0.1, 0.15) is 43.8 Å². The van der Waals surface area contributed by atoms with Gasteiger partial charge in [-0.15, -0.1) is 11.3 Å². The molecule has 0 aliphatic heterocycles. The molecule has 0 fully saturated rings.